The van der Waals surface area contributed by atoms with Gasteiger partial charge in [-0.2, -0.15) is 0 Å². The van der Waals surface area contributed by atoms with Gasteiger partial charge in [-0.05, 0) is 24.6 Å². The molecule has 1 aromatic carbocycles. The molecule has 2 nitrogen and oxygen atoms in total. The molecular formula is C12H9F2NO. The number of halogens is 2. The summed E-state index contributed by atoms with van der Waals surface area (Å²) in [7, 11) is 0. The van der Waals surface area contributed by atoms with E-state index in [4.69, 9.17) is 4.74 Å². The standard InChI is InChI=1S/C12H9F2NO/c1-8-3-2-4-10(5-8)16-12-11(14)6-9(13)7-15-12/h2-7H,1H3. The second-order valence-electron chi connectivity index (χ2n) is 3.36. The Morgan fingerprint density at radius 1 is 1.19 bits per heavy atom. The molecule has 0 atom stereocenters. The number of pyridine rings is 1. The van der Waals surface area contributed by atoms with Crippen molar-refractivity contribution >= 4 is 0 Å². The van der Waals surface area contributed by atoms with Gasteiger partial charge in [-0.1, -0.05) is 12.1 Å². The number of aryl methyl sites for hydroxylation is 1. The summed E-state index contributed by atoms with van der Waals surface area (Å²) in [5.41, 5.74) is 0.986. The Morgan fingerprint density at radius 2 is 2.00 bits per heavy atom. The number of rotatable bonds is 2. The first-order valence-corrected chi connectivity index (χ1v) is 4.71. The van der Waals surface area contributed by atoms with Gasteiger partial charge in [0, 0.05) is 6.07 Å². The van der Waals surface area contributed by atoms with Crippen molar-refractivity contribution in [1.29, 1.82) is 0 Å². The van der Waals surface area contributed by atoms with Crippen LogP contribution in [-0.2, 0) is 0 Å². The van der Waals surface area contributed by atoms with Crippen LogP contribution in [0.25, 0.3) is 0 Å². The van der Waals surface area contributed by atoms with Gasteiger partial charge in [0.25, 0.3) is 5.88 Å². The first-order chi connectivity index (χ1) is 7.65. The zero-order chi connectivity index (χ0) is 11.5. The lowest BCUT2D eigenvalue weighted by Crippen LogP contribution is -1.93. The first kappa shape index (κ1) is 10.5. The Hall–Kier alpha value is -1.97. The van der Waals surface area contributed by atoms with Crippen molar-refractivity contribution in [2.24, 2.45) is 0 Å². The maximum atomic E-state index is 13.2. The minimum absolute atomic E-state index is 0.230. The van der Waals surface area contributed by atoms with Gasteiger partial charge in [0.1, 0.15) is 11.6 Å². The van der Waals surface area contributed by atoms with E-state index in [-0.39, 0.29) is 5.88 Å². The maximum Gasteiger partial charge on any atom is 0.256 e. The van der Waals surface area contributed by atoms with Gasteiger partial charge in [-0.15, -0.1) is 0 Å². The summed E-state index contributed by atoms with van der Waals surface area (Å²) >= 11 is 0. The van der Waals surface area contributed by atoms with Crippen molar-refractivity contribution in [3.63, 3.8) is 0 Å². The highest BCUT2D eigenvalue weighted by molar-refractivity contribution is 5.31. The SMILES string of the molecule is Cc1cccc(Oc2ncc(F)cc2F)c1. The van der Waals surface area contributed by atoms with Crippen LogP contribution in [0.5, 0.6) is 11.6 Å². The van der Waals surface area contributed by atoms with Crippen molar-refractivity contribution in [1.82, 2.24) is 4.98 Å². The smallest absolute Gasteiger partial charge is 0.256 e. The van der Waals surface area contributed by atoms with Crippen LogP contribution in [-0.4, -0.2) is 4.98 Å². The Morgan fingerprint density at radius 3 is 2.69 bits per heavy atom. The van der Waals surface area contributed by atoms with Crippen molar-refractivity contribution in [2.75, 3.05) is 0 Å². The van der Waals surface area contributed by atoms with Crippen molar-refractivity contribution < 1.29 is 13.5 Å². The monoisotopic (exact) mass is 221 g/mol. The van der Waals surface area contributed by atoms with Crippen molar-refractivity contribution in [3.05, 3.63) is 53.7 Å². The Kier molecular flexibility index (Phi) is 2.81. The van der Waals surface area contributed by atoms with E-state index in [1.54, 1.807) is 18.2 Å². The molecule has 0 radical (unpaired) electrons. The third kappa shape index (κ3) is 2.34. The van der Waals surface area contributed by atoms with E-state index in [1.165, 1.54) is 0 Å². The predicted molar refractivity (Wildman–Crippen MR) is 55.4 cm³/mol. The third-order valence-electron chi connectivity index (χ3n) is 1.98. The Labute approximate surface area is 91.5 Å². The van der Waals surface area contributed by atoms with E-state index in [9.17, 15) is 8.78 Å². The van der Waals surface area contributed by atoms with E-state index in [1.807, 2.05) is 13.0 Å². The summed E-state index contributed by atoms with van der Waals surface area (Å²) in [6, 6.07) is 7.83. The topological polar surface area (TPSA) is 22.1 Å². The molecule has 0 aliphatic heterocycles. The van der Waals surface area contributed by atoms with E-state index < -0.39 is 11.6 Å². The third-order valence-corrected chi connectivity index (χ3v) is 1.98. The van der Waals surface area contributed by atoms with Crippen LogP contribution in [0.2, 0.25) is 0 Å². The highest BCUT2D eigenvalue weighted by Gasteiger charge is 2.07. The van der Waals surface area contributed by atoms with Gasteiger partial charge < -0.3 is 4.74 Å². The number of hydrogen-bond donors (Lipinski definition) is 0. The van der Waals surface area contributed by atoms with Crippen molar-refractivity contribution in [3.8, 4) is 11.6 Å². The van der Waals surface area contributed by atoms with Crippen LogP contribution in [0.1, 0.15) is 5.56 Å². The number of ether oxygens (including phenoxy) is 1. The number of hydrogen-bond acceptors (Lipinski definition) is 2. The van der Waals surface area contributed by atoms with Gasteiger partial charge in [0.2, 0.25) is 0 Å². The van der Waals surface area contributed by atoms with Crippen molar-refractivity contribution in [2.45, 2.75) is 6.92 Å². The van der Waals surface area contributed by atoms with Gasteiger partial charge in [-0.25, -0.2) is 13.8 Å². The molecule has 0 saturated carbocycles. The Bertz CT molecular complexity index is 514. The second kappa shape index (κ2) is 4.26. The van der Waals surface area contributed by atoms with Crippen LogP contribution < -0.4 is 4.74 Å². The summed E-state index contributed by atoms with van der Waals surface area (Å²) in [6.45, 7) is 1.89. The molecule has 82 valence electrons. The lowest BCUT2D eigenvalue weighted by Gasteiger charge is -2.05. The van der Waals surface area contributed by atoms with Crippen LogP contribution in [0.3, 0.4) is 0 Å². The fourth-order valence-corrected chi connectivity index (χ4v) is 1.27. The van der Waals surface area contributed by atoms with Crippen LogP contribution >= 0.6 is 0 Å². The molecule has 0 fully saturated rings. The zero-order valence-electron chi connectivity index (χ0n) is 8.58. The van der Waals surface area contributed by atoms with Crippen LogP contribution in [0, 0.1) is 18.6 Å². The van der Waals surface area contributed by atoms with Gasteiger partial charge in [0.15, 0.2) is 5.82 Å². The number of nitrogens with zero attached hydrogens (tertiary/aromatic N) is 1. The molecule has 1 aromatic heterocycles. The van der Waals surface area contributed by atoms with Gasteiger partial charge >= 0.3 is 0 Å². The van der Waals surface area contributed by atoms with E-state index in [0.29, 0.717) is 5.75 Å². The summed E-state index contributed by atoms with van der Waals surface area (Å²) in [5, 5.41) is 0. The second-order valence-corrected chi connectivity index (χ2v) is 3.36. The molecule has 0 spiro atoms. The molecule has 1 heterocycles. The summed E-state index contributed by atoms with van der Waals surface area (Å²) in [5.74, 6) is -1.30. The highest BCUT2D eigenvalue weighted by Crippen LogP contribution is 2.22. The summed E-state index contributed by atoms with van der Waals surface area (Å²) in [4.78, 5) is 3.53. The van der Waals surface area contributed by atoms with E-state index in [0.717, 1.165) is 17.8 Å². The maximum absolute atomic E-state index is 13.2. The van der Waals surface area contributed by atoms with E-state index in [2.05, 4.69) is 4.98 Å². The van der Waals surface area contributed by atoms with E-state index >= 15 is 0 Å². The van der Waals surface area contributed by atoms with Gasteiger partial charge in [-0.3, -0.25) is 0 Å². The number of benzene rings is 1. The van der Waals surface area contributed by atoms with Crippen LogP contribution in [0.4, 0.5) is 8.78 Å². The molecule has 0 unspecified atom stereocenters. The lowest BCUT2D eigenvalue weighted by atomic mass is 10.2. The molecule has 4 heteroatoms. The molecule has 16 heavy (non-hydrogen) atoms. The average molecular weight is 221 g/mol. The summed E-state index contributed by atoms with van der Waals surface area (Å²) in [6.07, 6.45) is 0.911. The number of aromatic nitrogens is 1. The first-order valence-electron chi connectivity index (χ1n) is 4.71. The average Bonchev–Trinajstić information content (AvgIpc) is 2.22. The molecule has 0 aliphatic rings. The largest absolute Gasteiger partial charge is 0.436 e. The Balaban J connectivity index is 2.27. The minimum atomic E-state index is -0.818. The normalized spacial score (nSPS) is 10.2. The summed E-state index contributed by atoms with van der Waals surface area (Å²) < 4.78 is 31.0. The molecule has 2 rings (SSSR count). The fraction of sp³-hybridized carbons (Fsp3) is 0.0833. The zero-order valence-corrected chi connectivity index (χ0v) is 8.58. The molecule has 0 N–H and O–H groups in total. The van der Waals surface area contributed by atoms with Crippen LogP contribution in [0.15, 0.2) is 36.5 Å². The minimum Gasteiger partial charge on any atom is -0.436 e. The predicted octanol–water partition coefficient (Wildman–Crippen LogP) is 3.46. The molecule has 0 bridgehead atoms. The molecule has 2 aromatic rings. The molecule has 0 saturated heterocycles. The lowest BCUT2D eigenvalue weighted by molar-refractivity contribution is 0.416. The molecule has 0 aliphatic carbocycles. The van der Waals surface area contributed by atoms with Gasteiger partial charge in [0.05, 0.1) is 6.20 Å². The molecule has 0 amide bonds. The fourth-order valence-electron chi connectivity index (χ4n) is 1.27. The highest BCUT2D eigenvalue weighted by atomic mass is 19.1. The quantitative estimate of drug-likeness (QED) is 0.774. The molecular weight excluding hydrogens is 212 g/mol.